The number of aromatic nitrogens is 2. The first-order valence-corrected chi connectivity index (χ1v) is 4.57. The van der Waals surface area contributed by atoms with E-state index < -0.39 is 0 Å². The molecule has 2 aromatic rings. The highest BCUT2D eigenvalue weighted by Gasteiger charge is 2.09. The average Bonchev–Trinajstić information content (AvgIpc) is 2.68. The van der Waals surface area contributed by atoms with Crippen molar-refractivity contribution in [1.82, 2.24) is 10.1 Å². The second-order valence-electron chi connectivity index (χ2n) is 3.16. The van der Waals surface area contributed by atoms with Crippen molar-refractivity contribution in [2.24, 2.45) is 0 Å². The molecule has 0 amide bonds. The van der Waals surface area contributed by atoms with Gasteiger partial charge < -0.3 is 4.52 Å². The zero-order valence-electron chi connectivity index (χ0n) is 8.27. The lowest BCUT2D eigenvalue weighted by Crippen LogP contribution is -1.85. The van der Waals surface area contributed by atoms with Gasteiger partial charge in [0.05, 0.1) is 6.07 Å². The molecule has 0 aliphatic carbocycles. The largest absolute Gasteiger partial charge is 0.338 e. The summed E-state index contributed by atoms with van der Waals surface area (Å²) in [5, 5.41) is 12.3. The molecule has 1 heterocycles. The number of hydrogen-bond donors (Lipinski definition) is 0. The summed E-state index contributed by atoms with van der Waals surface area (Å²) in [5.74, 6) is 0.897. The second kappa shape index (κ2) is 3.93. The van der Waals surface area contributed by atoms with Gasteiger partial charge in [-0.25, -0.2) is 0 Å². The van der Waals surface area contributed by atoms with E-state index in [4.69, 9.17) is 9.78 Å². The number of nitrogens with zero attached hydrogens (tertiary/aromatic N) is 3. The molecule has 1 aromatic carbocycles. The Labute approximate surface area is 87.2 Å². The van der Waals surface area contributed by atoms with Gasteiger partial charge in [0.2, 0.25) is 11.7 Å². The number of nitriles is 1. The molecule has 0 unspecified atom stereocenters. The summed E-state index contributed by atoms with van der Waals surface area (Å²) in [6.45, 7) is 1.98. The summed E-state index contributed by atoms with van der Waals surface area (Å²) in [5.41, 5.74) is 2.02. The van der Waals surface area contributed by atoms with E-state index in [1.54, 1.807) is 0 Å². The van der Waals surface area contributed by atoms with Crippen LogP contribution in [0.25, 0.3) is 11.4 Å². The molecule has 0 bridgehead atoms. The average molecular weight is 199 g/mol. The predicted octanol–water partition coefficient (Wildman–Crippen LogP) is 2.11. The van der Waals surface area contributed by atoms with E-state index in [9.17, 15) is 0 Å². The van der Waals surface area contributed by atoms with E-state index in [2.05, 4.69) is 10.1 Å². The van der Waals surface area contributed by atoms with Crippen LogP contribution in [0.4, 0.5) is 0 Å². The molecular formula is C11H9N3O. The van der Waals surface area contributed by atoms with E-state index >= 15 is 0 Å². The van der Waals surface area contributed by atoms with Crippen LogP contribution < -0.4 is 0 Å². The van der Waals surface area contributed by atoms with Gasteiger partial charge in [0.15, 0.2) is 0 Å². The van der Waals surface area contributed by atoms with E-state index in [-0.39, 0.29) is 6.42 Å². The molecule has 0 aliphatic heterocycles. The van der Waals surface area contributed by atoms with Gasteiger partial charge >= 0.3 is 0 Å². The van der Waals surface area contributed by atoms with Gasteiger partial charge in [-0.05, 0) is 12.5 Å². The minimum Gasteiger partial charge on any atom is -0.338 e. The Kier molecular flexibility index (Phi) is 2.46. The number of rotatable bonds is 2. The molecule has 0 fully saturated rings. The molecule has 4 heteroatoms. The second-order valence-corrected chi connectivity index (χ2v) is 3.16. The van der Waals surface area contributed by atoms with Gasteiger partial charge in [-0.15, -0.1) is 0 Å². The molecule has 74 valence electrons. The van der Waals surface area contributed by atoms with Crippen molar-refractivity contribution in [1.29, 1.82) is 5.26 Å². The minimum absolute atomic E-state index is 0.152. The molecule has 2 rings (SSSR count). The summed E-state index contributed by atoms with van der Waals surface area (Å²) >= 11 is 0. The zero-order chi connectivity index (χ0) is 10.7. The van der Waals surface area contributed by atoms with Gasteiger partial charge in [-0.2, -0.15) is 10.2 Å². The summed E-state index contributed by atoms with van der Waals surface area (Å²) in [7, 11) is 0. The van der Waals surface area contributed by atoms with Crippen LogP contribution in [0.1, 0.15) is 11.5 Å². The fourth-order valence-corrected chi connectivity index (χ4v) is 1.33. The molecule has 0 saturated heterocycles. The number of hydrogen-bond acceptors (Lipinski definition) is 4. The lowest BCUT2D eigenvalue weighted by molar-refractivity contribution is 0.388. The quantitative estimate of drug-likeness (QED) is 0.743. The third-order valence-corrected chi connectivity index (χ3v) is 2.08. The maximum Gasteiger partial charge on any atom is 0.241 e. The molecule has 4 nitrogen and oxygen atoms in total. The van der Waals surface area contributed by atoms with Crippen LogP contribution >= 0.6 is 0 Å². The molecule has 0 radical (unpaired) electrons. The van der Waals surface area contributed by atoms with Gasteiger partial charge in [0, 0.05) is 5.56 Å². The first kappa shape index (κ1) is 9.41. The zero-order valence-corrected chi connectivity index (χ0v) is 8.27. The normalized spacial score (nSPS) is 9.87. The number of benzene rings is 1. The van der Waals surface area contributed by atoms with Gasteiger partial charge in [-0.3, -0.25) is 0 Å². The van der Waals surface area contributed by atoms with Crippen molar-refractivity contribution < 1.29 is 4.52 Å². The summed E-state index contributed by atoms with van der Waals surface area (Å²) in [6, 6.07) is 9.75. The molecule has 1 aromatic heterocycles. The Hall–Kier alpha value is -2.15. The Morgan fingerprint density at radius 2 is 2.20 bits per heavy atom. The van der Waals surface area contributed by atoms with Crippen molar-refractivity contribution in [3.8, 4) is 17.5 Å². The molecule has 0 spiro atoms. The highest BCUT2D eigenvalue weighted by Crippen LogP contribution is 2.19. The monoisotopic (exact) mass is 199 g/mol. The molecule has 0 saturated carbocycles. The van der Waals surface area contributed by atoms with Crippen molar-refractivity contribution in [2.45, 2.75) is 13.3 Å². The summed E-state index contributed by atoms with van der Waals surface area (Å²) in [4.78, 5) is 4.13. The van der Waals surface area contributed by atoms with E-state index in [0.29, 0.717) is 11.7 Å². The Balaban J connectivity index is 2.38. The van der Waals surface area contributed by atoms with E-state index in [1.165, 1.54) is 0 Å². The fourth-order valence-electron chi connectivity index (χ4n) is 1.33. The van der Waals surface area contributed by atoms with Crippen molar-refractivity contribution in [2.75, 3.05) is 0 Å². The minimum atomic E-state index is 0.152. The number of aryl methyl sites for hydroxylation is 1. The van der Waals surface area contributed by atoms with Crippen LogP contribution in [-0.4, -0.2) is 10.1 Å². The van der Waals surface area contributed by atoms with Crippen LogP contribution in [0.3, 0.4) is 0 Å². The molecule has 15 heavy (non-hydrogen) atoms. The van der Waals surface area contributed by atoms with E-state index in [0.717, 1.165) is 11.1 Å². The Morgan fingerprint density at radius 3 is 2.93 bits per heavy atom. The maximum atomic E-state index is 8.48. The Bertz CT molecular complexity index is 511. The van der Waals surface area contributed by atoms with E-state index in [1.807, 2.05) is 37.3 Å². The standard InChI is InChI=1S/C11H9N3O/c1-8-4-2-3-5-9(8)11-13-10(6-7-12)15-14-11/h2-5H,6H2,1H3. The van der Waals surface area contributed by atoms with Crippen LogP contribution in [0.5, 0.6) is 0 Å². The molecular weight excluding hydrogens is 190 g/mol. The maximum absolute atomic E-state index is 8.48. The third kappa shape index (κ3) is 1.86. The van der Waals surface area contributed by atoms with Crippen molar-refractivity contribution in [3.63, 3.8) is 0 Å². The lowest BCUT2D eigenvalue weighted by atomic mass is 10.1. The van der Waals surface area contributed by atoms with Crippen molar-refractivity contribution in [3.05, 3.63) is 35.7 Å². The SMILES string of the molecule is Cc1ccccc1-c1noc(CC#N)n1. The van der Waals surface area contributed by atoms with Gasteiger partial charge in [-0.1, -0.05) is 29.4 Å². The van der Waals surface area contributed by atoms with Crippen molar-refractivity contribution >= 4 is 0 Å². The van der Waals surface area contributed by atoms with Gasteiger partial charge in [0.1, 0.15) is 6.42 Å². The van der Waals surface area contributed by atoms with Crippen LogP contribution in [0.15, 0.2) is 28.8 Å². The highest BCUT2D eigenvalue weighted by atomic mass is 16.5. The topological polar surface area (TPSA) is 62.7 Å². The highest BCUT2D eigenvalue weighted by molar-refractivity contribution is 5.58. The lowest BCUT2D eigenvalue weighted by Gasteiger charge is -1.97. The predicted molar refractivity (Wildman–Crippen MR) is 53.8 cm³/mol. The first-order chi connectivity index (χ1) is 7.31. The Morgan fingerprint density at radius 1 is 1.40 bits per heavy atom. The van der Waals surface area contributed by atoms with Crippen LogP contribution in [-0.2, 0) is 6.42 Å². The molecule has 0 N–H and O–H groups in total. The first-order valence-electron chi connectivity index (χ1n) is 4.57. The smallest absolute Gasteiger partial charge is 0.241 e. The van der Waals surface area contributed by atoms with Gasteiger partial charge in [0.25, 0.3) is 0 Å². The summed E-state index contributed by atoms with van der Waals surface area (Å²) < 4.78 is 4.93. The fraction of sp³-hybridized carbons (Fsp3) is 0.182. The van der Waals surface area contributed by atoms with Crippen LogP contribution in [0.2, 0.25) is 0 Å². The third-order valence-electron chi connectivity index (χ3n) is 2.08. The molecule has 0 aliphatic rings. The van der Waals surface area contributed by atoms with Crippen LogP contribution in [0, 0.1) is 18.3 Å². The summed E-state index contributed by atoms with van der Waals surface area (Å²) in [6.07, 6.45) is 0.152. The molecule has 0 atom stereocenters.